The number of fused-ring (bicyclic) bond motifs is 1. The molecular formula is C21H27N3OS. The Morgan fingerprint density at radius 3 is 2.69 bits per heavy atom. The van der Waals surface area contributed by atoms with Gasteiger partial charge in [0.25, 0.3) is 5.56 Å². The van der Waals surface area contributed by atoms with Crippen LogP contribution in [0.1, 0.15) is 56.5 Å². The quantitative estimate of drug-likeness (QED) is 0.632. The SMILES string of the molecule is CCCCc1ccc([C@H](NCc2cc(=O)n3ccsc3n2)C(C)C)cc1. The van der Waals surface area contributed by atoms with Crippen molar-refractivity contribution in [1.82, 2.24) is 14.7 Å². The molecule has 0 aliphatic heterocycles. The Balaban J connectivity index is 1.72. The van der Waals surface area contributed by atoms with Crippen LogP contribution in [0.2, 0.25) is 0 Å². The Morgan fingerprint density at radius 1 is 1.23 bits per heavy atom. The van der Waals surface area contributed by atoms with Gasteiger partial charge in [-0.25, -0.2) is 4.98 Å². The van der Waals surface area contributed by atoms with Crippen molar-refractivity contribution in [3.8, 4) is 0 Å². The molecule has 26 heavy (non-hydrogen) atoms. The molecule has 3 rings (SSSR count). The summed E-state index contributed by atoms with van der Waals surface area (Å²) >= 11 is 1.48. The van der Waals surface area contributed by atoms with E-state index >= 15 is 0 Å². The van der Waals surface area contributed by atoms with E-state index in [1.54, 1.807) is 16.7 Å². The van der Waals surface area contributed by atoms with Gasteiger partial charge in [0.05, 0.1) is 5.69 Å². The third-order valence-electron chi connectivity index (χ3n) is 4.68. The molecule has 2 aromatic heterocycles. The highest BCUT2D eigenvalue weighted by atomic mass is 32.1. The van der Waals surface area contributed by atoms with Crippen LogP contribution in [0.4, 0.5) is 0 Å². The van der Waals surface area contributed by atoms with Crippen LogP contribution in [0, 0.1) is 5.92 Å². The van der Waals surface area contributed by atoms with Gasteiger partial charge in [0.1, 0.15) is 0 Å². The van der Waals surface area contributed by atoms with Gasteiger partial charge in [0, 0.05) is 30.2 Å². The second kappa shape index (κ2) is 8.60. The molecule has 0 bridgehead atoms. The van der Waals surface area contributed by atoms with Crippen molar-refractivity contribution < 1.29 is 0 Å². The molecule has 1 aromatic carbocycles. The minimum absolute atomic E-state index is 0.0191. The summed E-state index contributed by atoms with van der Waals surface area (Å²) in [6.45, 7) is 7.24. The minimum Gasteiger partial charge on any atom is -0.304 e. The van der Waals surface area contributed by atoms with Gasteiger partial charge < -0.3 is 5.32 Å². The fourth-order valence-electron chi connectivity index (χ4n) is 3.20. The summed E-state index contributed by atoms with van der Waals surface area (Å²) in [5.41, 5.74) is 3.46. The lowest BCUT2D eigenvalue weighted by Gasteiger charge is -2.23. The maximum Gasteiger partial charge on any atom is 0.258 e. The van der Waals surface area contributed by atoms with E-state index in [9.17, 15) is 4.79 Å². The highest BCUT2D eigenvalue weighted by Gasteiger charge is 2.16. The number of thiazole rings is 1. The standard InChI is InChI=1S/C21H27N3OS/c1-4-5-6-16-7-9-17(10-8-16)20(15(2)3)22-14-18-13-19(25)24-11-12-26-21(24)23-18/h7-13,15,20,22H,4-6,14H2,1-3H3/t20-/m1/s1. The van der Waals surface area contributed by atoms with E-state index in [1.165, 1.54) is 35.3 Å². The molecule has 0 amide bonds. The van der Waals surface area contributed by atoms with E-state index < -0.39 is 0 Å². The summed E-state index contributed by atoms with van der Waals surface area (Å²) in [5, 5.41) is 5.48. The first-order chi connectivity index (χ1) is 12.6. The van der Waals surface area contributed by atoms with Crippen molar-refractivity contribution in [3.63, 3.8) is 0 Å². The average molecular weight is 370 g/mol. The summed E-state index contributed by atoms with van der Waals surface area (Å²) in [7, 11) is 0. The van der Waals surface area contributed by atoms with E-state index in [1.807, 2.05) is 5.38 Å². The van der Waals surface area contributed by atoms with Crippen LogP contribution in [0.3, 0.4) is 0 Å². The molecule has 2 heterocycles. The maximum absolute atomic E-state index is 12.1. The molecule has 0 aliphatic rings. The molecular weight excluding hydrogens is 342 g/mol. The van der Waals surface area contributed by atoms with Gasteiger partial charge in [-0.2, -0.15) is 0 Å². The highest BCUT2D eigenvalue weighted by molar-refractivity contribution is 7.15. The zero-order chi connectivity index (χ0) is 18.5. The topological polar surface area (TPSA) is 46.4 Å². The molecule has 0 aliphatic carbocycles. The molecule has 1 atom stereocenters. The molecule has 0 spiro atoms. The summed E-state index contributed by atoms with van der Waals surface area (Å²) in [6, 6.07) is 10.8. The molecule has 0 fully saturated rings. The van der Waals surface area contributed by atoms with Gasteiger partial charge in [-0.3, -0.25) is 9.20 Å². The zero-order valence-electron chi connectivity index (χ0n) is 15.7. The molecule has 4 nitrogen and oxygen atoms in total. The molecule has 1 N–H and O–H groups in total. The molecule has 0 radical (unpaired) electrons. The summed E-state index contributed by atoms with van der Waals surface area (Å²) < 4.78 is 1.59. The summed E-state index contributed by atoms with van der Waals surface area (Å²) in [6.07, 6.45) is 5.37. The van der Waals surface area contributed by atoms with E-state index in [0.29, 0.717) is 12.5 Å². The summed E-state index contributed by atoms with van der Waals surface area (Å²) in [5.74, 6) is 0.447. The fraction of sp³-hybridized carbons (Fsp3) is 0.429. The van der Waals surface area contributed by atoms with E-state index in [-0.39, 0.29) is 11.6 Å². The van der Waals surface area contributed by atoms with Gasteiger partial charge >= 0.3 is 0 Å². The molecule has 3 aromatic rings. The summed E-state index contributed by atoms with van der Waals surface area (Å²) in [4.78, 5) is 17.5. The van der Waals surface area contributed by atoms with Gasteiger partial charge in [-0.1, -0.05) is 51.5 Å². The number of benzene rings is 1. The third-order valence-corrected chi connectivity index (χ3v) is 5.44. The Hall–Kier alpha value is -1.98. The number of aryl methyl sites for hydroxylation is 1. The average Bonchev–Trinajstić information content (AvgIpc) is 3.10. The van der Waals surface area contributed by atoms with Crippen molar-refractivity contribution in [2.24, 2.45) is 5.92 Å². The Labute approximate surface area is 158 Å². The van der Waals surface area contributed by atoms with E-state index in [4.69, 9.17) is 0 Å². The van der Waals surface area contributed by atoms with Gasteiger partial charge in [-0.05, 0) is 29.9 Å². The van der Waals surface area contributed by atoms with Crippen LogP contribution in [0.25, 0.3) is 4.96 Å². The smallest absolute Gasteiger partial charge is 0.258 e. The van der Waals surface area contributed by atoms with Gasteiger partial charge in [0.2, 0.25) is 0 Å². The van der Waals surface area contributed by atoms with Crippen LogP contribution in [-0.4, -0.2) is 9.38 Å². The lowest BCUT2D eigenvalue weighted by Crippen LogP contribution is -2.26. The van der Waals surface area contributed by atoms with E-state index in [2.05, 4.69) is 55.3 Å². The van der Waals surface area contributed by atoms with Crippen molar-refractivity contribution in [3.05, 3.63) is 69.1 Å². The van der Waals surface area contributed by atoms with Crippen molar-refractivity contribution >= 4 is 16.3 Å². The van der Waals surface area contributed by atoms with Crippen LogP contribution in [0.15, 0.2) is 46.7 Å². The van der Waals surface area contributed by atoms with Crippen molar-refractivity contribution in [2.45, 2.75) is 52.6 Å². The largest absolute Gasteiger partial charge is 0.304 e. The van der Waals surface area contributed by atoms with Crippen LogP contribution >= 0.6 is 11.3 Å². The number of rotatable bonds is 8. The first-order valence-electron chi connectivity index (χ1n) is 9.36. The number of hydrogen-bond acceptors (Lipinski definition) is 4. The molecule has 0 unspecified atom stereocenters. The minimum atomic E-state index is -0.0191. The molecule has 0 saturated carbocycles. The van der Waals surface area contributed by atoms with Crippen LogP contribution < -0.4 is 10.9 Å². The maximum atomic E-state index is 12.1. The number of nitrogens with zero attached hydrogens (tertiary/aromatic N) is 2. The number of unbranched alkanes of at least 4 members (excludes halogenated alkanes) is 1. The lowest BCUT2D eigenvalue weighted by molar-refractivity contribution is 0.408. The first-order valence-corrected chi connectivity index (χ1v) is 10.2. The fourth-order valence-corrected chi connectivity index (χ4v) is 3.94. The number of aromatic nitrogens is 2. The van der Waals surface area contributed by atoms with E-state index in [0.717, 1.165) is 17.1 Å². The second-order valence-electron chi connectivity index (χ2n) is 7.09. The molecule has 0 saturated heterocycles. The third kappa shape index (κ3) is 4.40. The highest BCUT2D eigenvalue weighted by Crippen LogP contribution is 2.23. The second-order valence-corrected chi connectivity index (χ2v) is 7.96. The lowest BCUT2D eigenvalue weighted by atomic mass is 9.94. The Bertz CT molecular complexity index is 896. The van der Waals surface area contributed by atoms with Crippen LogP contribution in [0.5, 0.6) is 0 Å². The molecule has 5 heteroatoms. The van der Waals surface area contributed by atoms with Crippen molar-refractivity contribution in [2.75, 3.05) is 0 Å². The molecule has 138 valence electrons. The number of hydrogen-bond donors (Lipinski definition) is 1. The first kappa shape index (κ1) is 18.8. The predicted molar refractivity (Wildman–Crippen MR) is 109 cm³/mol. The number of nitrogens with one attached hydrogen (secondary N) is 1. The predicted octanol–water partition coefficient (Wildman–Crippen LogP) is 4.59. The van der Waals surface area contributed by atoms with Gasteiger partial charge in [-0.15, -0.1) is 11.3 Å². The zero-order valence-corrected chi connectivity index (χ0v) is 16.6. The van der Waals surface area contributed by atoms with Crippen molar-refractivity contribution in [1.29, 1.82) is 0 Å². The monoisotopic (exact) mass is 369 g/mol. The Kier molecular flexibility index (Phi) is 6.22. The van der Waals surface area contributed by atoms with Gasteiger partial charge in [0.15, 0.2) is 4.96 Å². The normalized spacial score (nSPS) is 12.8. The Morgan fingerprint density at radius 2 is 2.00 bits per heavy atom. The van der Waals surface area contributed by atoms with Crippen LogP contribution in [-0.2, 0) is 13.0 Å².